The molecule has 1 aromatic heterocycles. The molecule has 0 unspecified atom stereocenters. The normalized spacial score (nSPS) is 17.6. The summed E-state index contributed by atoms with van der Waals surface area (Å²) in [7, 11) is 0. The Morgan fingerprint density at radius 3 is 2.78 bits per heavy atom. The third kappa shape index (κ3) is 1.77. The molecule has 1 aliphatic rings. The zero-order valence-electron chi connectivity index (χ0n) is 10.8. The number of rotatable bonds is 3. The van der Waals surface area contributed by atoms with Gasteiger partial charge in [-0.2, -0.15) is 0 Å². The number of anilines is 1. The van der Waals surface area contributed by atoms with Crippen LogP contribution < -0.4 is 5.73 Å². The zero-order chi connectivity index (χ0) is 12.9. The van der Waals surface area contributed by atoms with Crippen LogP contribution in [0, 0.1) is 11.3 Å². The molecule has 0 spiro atoms. The predicted octanol–water partition coefficient (Wildman–Crippen LogP) is 3.71. The highest BCUT2D eigenvalue weighted by Crippen LogP contribution is 2.53. The lowest BCUT2D eigenvalue weighted by Gasteiger charge is -2.21. The maximum Gasteiger partial charge on any atom is 0.201 e. The van der Waals surface area contributed by atoms with Crippen LogP contribution in [0.1, 0.15) is 26.7 Å². The van der Waals surface area contributed by atoms with Gasteiger partial charge in [-0.3, -0.25) is 0 Å². The van der Waals surface area contributed by atoms with E-state index in [9.17, 15) is 0 Å². The molecule has 0 amide bonds. The van der Waals surface area contributed by atoms with Gasteiger partial charge < -0.3 is 10.3 Å². The highest BCUT2D eigenvalue weighted by molar-refractivity contribution is 6.31. The van der Waals surface area contributed by atoms with Crippen LogP contribution in [0.2, 0.25) is 5.02 Å². The van der Waals surface area contributed by atoms with Gasteiger partial charge in [0.05, 0.1) is 11.0 Å². The summed E-state index contributed by atoms with van der Waals surface area (Å²) in [5.74, 6) is 1.27. The van der Waals surface area contributed by atoms with Crippen molar-refractivity contribution in [3.05, 3.63) is 23.2 Å². The van der Waals surface area contributed by atoms with E-state index in [0.29, 0.717) is 17.3 Å². The number of fused-ring (bicyclic) bond motifs is 1. The summed E-state index contributed by atoms with van der Waals surface area (Å²) in [6, 6.07) is 5.74. The Hall–Kier alpha value is -1.22. The number of hydrogen-bond donors (Lipinski definition) is 1. The van der Waals surface area contributed by atoms with Gasteiger partial charge in [0.15, 0.2) is 0 Å². The Bertz CT molecular complexity index is 596. The van der Waals surface area contributed by atoms with Crippen molar-refractivity contribution >= 4 is 28.6 Å². The Labute approximate surface area is 112 Å². The number of imidazole rings is 1. The standard InChI is InChI=1S/C14H18ClN3/c1-9(2)14(5-6-14)8-18-12-7-10(15)3-4-11(12)17-13(18)16/h3-4,7,9H,5-6,8H2,1-2H3,(H2,16,17). The van der Waals surface area contributed by atoms with E-state index in [1.807, 2.05) is 18.2 Å². The minimum Gasteiger partial charge on any atom is -0.369 e. The number of aromatic nitrogens is 2. The third-order valence-corrected chi connectivity index (χ3v) is 4.56. The summed E-state index contributed by atoms with van der Waals surface area (Å²) in [6.45, 7) is 5.53. The minimum atomic E-state index is 0.407. The maximum absolute atomic E-state index is 6.07. The van der Waals surface area contributed by atoms with Crippen LogP contribution in [0.15, 0.2) is 18.2 Å². The molecule has 0 bridgehead atoms. The van der Waals surface area contributed by atoms with Gasteiger partial charge in [-0.05, 0) is 42.4 Å². The summed E-state index contributed by atoms with van der Waals surface area (Å²) in [4.78, 5) is 4.41. The minimum absolute atomic E-state index is 0.407. The quantitative estimate of drug-likeness (QED) is 0.917. The maximum atomic E-state index is 6.07. The number of nitrogens with two attached hydrogens (primary N) is 1. The summed E-state index contributed by atoms with van der Waals surface area (Å²) < 4.78 is 2.12. The van der Waals surface area contributed by atoms with Gasteiger partial charge in [0.2, 0.25) is 5.95 Å². The van der Waals surface area contributed by atoms with Crippen molar-refractivity contribution in [2.75, 3.05) is 5.73 Å². The fraction of sp³-hybridized carbons (Fsp3) is 0.500. The highest BCUT2D eigenvalue weighted by Gasteiger charge is 2.45. The molecule has 1 heterocycles. The van der Waals surface area contributed by atoms with Crippen molar-refractivity contribution in [3.8, 4) is 0 Å². The van der Waals surface area contributed by atoms with Crippen molar-refractivity contribution in [1.29, 1.82) is 0 Å². The van der Waals surface area contributed by atoms with Crippen molar-refractivity contribution in [2.45, 2.75) is 33.2 Å². The monoisotopic (exact) mass is 263 g/mol. The molecule has 0 aliphatic heterocycles. The number of nitrogen functional groups attached to an aromatic ring is 1. The molecule has 0 saturated heterocycles. The highest BCUT2D eigenvalue weighted by atomic mass is 35.5. The van der Waals surface area contributed by atoms with E-state index < -0.39 is 0 Å². The van der Waals surface area contributed by atoms with Gasteiger partial charge in [0, 0.05) is 11.6 Å². The van der Waals surface area contributed by atoms with Crippen molar-refractivity contribution in [2.24, 2.45) is 11.3 Å². The number of nitrogens with zero attached hydrogens (tertiary/aromatic N) is 2. The van der Waals surface area contributed by atoms with Gasteiger partial charge in [0.1, 0.15) is 0 Å². The van der Waals surface area contributed by atoms with E-state index in [1.165, 1.54) is 12.8 Å². The van der Waals surface area contributed by atoms with Crippen LogP contribution in [-0.4, -0.2) is 9.55 Å². The largest absolute Gasteiger partial charge is 0.369 e. The molecular formula is C14H18ClN3. The first-order valence-electron chi connectivity index (χ1n) is 6.43. The summed E-state index contributed by atoms with van der Waals surface area (Å²) in [5.41, 5.74) is 8.43. The fourth-order valence-corrected chi connectivity index (χ4v) is 2.84. The SMILES string of the molecule is CC(C)C1(Cn2c(N)nc3ccc(Cl)cc32)CC1. The first-order chi connectivity index (χ1) is 8.52. The van der Waals surface area contributed by atoms with Crippen LogP contribution in [0.4, 0.5) is 5.95 Å². The molecule has 4 heteroatoms. The molecule has 2 aromatic rings. The molecule has 1 saturated carbocycles. The van der Waals surface area contributed by atoms with Crippen molar-refractivity contribution < 1.29 is 0 Å². The van der Waals surface area contributed by atoms with Gasteiger partial charge in [-0.15, -0.1) is 0 Å². The average Bonchev–Trinajstić information content (AvgIpc) is 3.03. The summed E-state index contributed by atoms with van der Waals surface area (Å²) in [6.07, 6.45) is 2.56. The van der Waals surface area contributed by atoms with Crippen molar-refractivity contribution in [3.63, 3.8) is 0 Å². The predicted molar refractivity (Wildman–Crippen MR) is 75.7 cm³/mol. The van der Waals surface area contributed by atoms with Crippen LogP contribution in [0.3, 0.4) is 0 Å². The molecule has 1 fully saturated rings. The Morgan fingerprint density at radius 2 is 2.17 bits per heavy atom. The second kappa shape index (κ2) is 3.89. The molecule has 96 valence electrons. The average molecular weight is 264 g/mol. The smallest absolute Gasteiger partial charge is 0.201 e. The lowest BCUT2D eigenvalue weighted by molar-refractivity contribution is 0.314. The van der Waals surface area contributed by atoms with E-state index in [4.69, 9.17) is 17.3 Å². The van der Waals surface area contributed by atoms with Crippen LogP contribution in [0.5, 0.6) is 0 Å². The number of halogens is 1. The molecule has 1 aromatic carbocycles. The second-order valence-electron chi connectivity index (χ2n) is 5.71. The molecule has 1 aliphatic carbocycles. The zero-order valence-corrected chi connectivity index (χ0v) is 11.5. The van der Waals surface area contributed by atoms with E-state index in [-0.39, 0.29) is 0 Å². The van der Waals surface area contributed by atoms with Crippen LogP contribution in [-0.2, 0) is 6.54 Å². The van der Waals surface area contributed by atoms with E-state index in [2.05, 4.69) is 23.4 Å². The van der Waals surface area contributed by atoms with Gasteiger partial charge >= 0.3 is 0 Å². The van der Waals surface area contributed by atoms with E-state index in [1.54, 1.807) is 0 Å². The second-order valence-corrected chi connectivity index (χ2v) is 6.14. The number of benzene rings is 1. The molecule has 0 atom stereocenters. The molecule has 0 radical (unpaired) electrons. The van der Waals surface area contributed by atoms with Crippen LogP contribution in [0.25, 0.3) is 11.0 Å². The molecule has 3 nitrogen and oxygen atoms in total. The topological polar surface area (TPSA) is 43.8 Å². The Balaban J connectivity index is 2.06. The molecule has 18 heavy (non-hydrogen) atoms. The molecule has 2 N–H and O–H groups in total. The third-order valence-electron chi connectivity index (χ3n) is 4.33. The summed E-state index contributed by atoms with van der Waals surface area (Å²) in [5, 5.41) is 0.734. The van der Waals surface area contributed by atoms with Gasteiger partial charge in [-0.25, -0.2) is 4.98 Å². The lowest BCUT2D eigenvalue weighted by Crippen LogP contribution is -2.18. The molecular weight excluding hydrogens is 246 g/mol. The van der Waals surface area contributed by atoms with Gasteiger partial charge in [-0.1, -0.05) is 25.4 Å². The van der Waals surface area contributed by atoms with E-state index >= 15 is 0 Å². The number of hydrogen-bond acceptors (Lipinski definition) is 2. The molecule has 3 rings (SSSR count). The van der Waals surface area contributed by atoms with E-state index in [0.717, 1.165) is 22.6 Å². The van der Waals surface area contributed by atoms with Gasteiger partial charge in [0.25, 0.3) is 0 Å². The van der Waals surface area contributed by atoms with Crippen molar-refractivity contribution in [1.82, 2.24) is 9.55 Å². The lowest BCUT2D eigenvalue weighted by atomic mass is 9.92. The first kappa shape index (κ1) is 11.8. The Kier molecular flexibility index (Phi) is 2.56. The summed E-state index contributed by atoms with van der Waals surface area (Å²) >= 11 is 6.07. The fourth-order valence-electron chi connectivity index (χ4n) is 2.67. The van der Waals surface area contributed by atoms with Crippen LogP contribution >= 0.6 is 11.6 Å². The Morgan fingerprint density at radius 1 is 1.44 bits per heavy atom. The first-order valence-corrected chi connectivity index (χ1v) is 6.81.